The quantitative estimate of drug-likeness (QED) is 0.0863. The molecule has 1 rings (SSSR count). The SMILES string of the molecule is CN(C)P(C)(=N[P+](N=P(C)(C)C)(N=P(C)(N(C)C)N(C)C)N=P(N(C)C)(N(C)C)N(C)CCOCCOCCOCc1ccccc1)N(C)C. The van der Waals surface area contributed by atoms with Gasteiger partial charge in [-0.15, -0.1) is 0 Å². The van der Waals surface area contributed by atoms with Crippen LogP contribution >= 0.6 is 37.1 Å². The molecule has 0 aliphatic carbocycles. The Balaban J connectivity index is 3.61. The van der Waals surface area contributed by atoms with Crippen molar-refractivity contribution < 1.29 is 14.2 Å². The van der Waals surface area contributed by atoms with Gasteiger partial charge in [-0.2, -0.15) is 0 Å². The number of hydrogen-bond donors (Lipinski definition) is 0. The van der Waals surface area contributed by atoms with E-state index in [2.05, 4.69) is 170 Å². The molecule has 0 N–H and O–H groups in total. The molecule has 14 nitrogen and oxygen atoms in total. The smallest absolute Gasteiger partial charge is 0.378 e. The first-order valence-corrected chi connectivity index (χ1v) is 27.3. The Bertz CT molecular complexity index is 1300. The molecular weight excluding hydrogens is 729 g/mol. The molecule has 0 fully saturated rings. The summed E-state index contributed by atoms with van der Waals surface area (Å²) in [6.45, 7) is 15.1. The molecule has 0 bridgehead atoms. The summed E-state index contributed by atoms with van der Waals surface area (Å²) < 4.78 is 56.8. The Hall–Kier alpha value is 0.170. The van der Waals surface area contributed by atoms with Gasteiger partial charge in [0.2, 0.25) is 7.51 Å². The predicted octanol–water partition coefficient (Wildman–Crippen LogP) is 7.57. The minimum Gasteiger partial charge on any atom is -0.378 e. The van der Waals surface area contributed by atoms with Gasteiger partial charge >= 0.3 is 7.87 Å². The van der Waals surface area contributed by atoms with E-state index in [-0.39, 0.29) is 0 Å². The third kappa shape index (κ3) is 14.1. The molecule has 0 aromatic heterocycles. The van der Waals surface area contributed by atoms with Crippen molar-refractivity contribution in [1.82, 2.24) is 32.7 Å². The number of rotatable bonds is 22. The summed E-state index contributed by atoms with van der Waals surface area (Å²) >= 11 is 0. The van der Waals surface area contributed by atoms with E-state index in [1.165, 1.54) is 0 Å². The molecule has 0 saturated heterocycles. The van der Waals surface area contributed by atoms with Crippen LogP contribution in [0.1, 0.15) is 5.56 Å². The lowest BCUT2D eigenvalue weighted by atomic mass is 10.2. The summed E-state index contributed by atoms with van der Waals surface area (Å²) in [4.78, 5) is 0. The highest BCUT2D eigenvalue weighted by molar-refractivity contribution is 7.88. The lowest BCUT2D eigenvalue weighted by Gasteiger charge is -2.42. The summed E-state index contributed by atoms with van der Waals surface area (Å²) in [5.74, 6) is 0. The van der Waals surface area contributed by atoms with Crippen LogP contribution in [0.2, 0.25) is 0 Å². The fraction of sp³-hybridized carbons (Fsp3) is 0.806. The zero-order valence-corrected chi connectivity index (χ0v) is 39.2. The summed E-state index contributed by atoms with van der Waals surface area (Å²) in [6, 6.07) is 10.2. The second-order valence-corrected chi connectivity index (χ2v) is 32.2. The van der Waals surface area contributed by atoms with E-state index < -0.39 is 37.1 Å². The van der Waals surface area contributed by atoms with E-state index in [1.807, 2.05) is 18.2 Å². The molecule has 0 aliphatic rings. The second-order valence-electron chi connectivity index (χ2n) is 14.3. The molecule has 1 aromatic carbocycles. The summed E-state index contributed by atoms with van der Waals surface area (Å²) in [7, 11) is 15.5. The van der Waals surface area contributed by atoms with Crippen molar-refractivity contribution in [3.8, 4) is 0 Å². The van der Waals surface area contributed by atoms with Gasteiger partial charge in [0.1, 0.15) is 14.7 Å². The van der Waals surface area contributed by atoms with Gasteiger partial charge in [-0.05, 0) is 131 Å². The Morgan fingerprint density at radius 3 is 1.28 bits per heavy atom. The molecule has 0 spiro atoms. The highest BCUT2D eigenvalue weighted by Gasteiger charge is 2.52. The van der Waals surface area contributed by atoms with E-state index in [0.29, 0.717) is 46.2 Å². The molecule has 19 heteroatoms. The Morgan fingerprint density at radius 2 is 0.900 bits per heavy atom. The third-order valence-corrected chi connectivity index (χ3v) is 27.2. The van der Waals surface area contributed by atoms with Crippen LogP contribution in [0.3, 0.4) is 0 Å². The molecule has 0 radical (unpaired) electrons. The maximum absolute atomic E-state index is 6.09. The average molecular weight is 803 g/mol. The van der Waals surface area contributed by atoms with Crippen molar-refractivity contribution >= 4 is 37.1 Å². The van der Waals surface area contributed by atoms with E-state index in [4.69, 9.17) is 32.3 Å². The first kappa shape index (κ1) is 48.2. The molecule has 294 valence electrons. The van der Waals surface area contributed by atoms with Crippen LogP contribution in [0, 0.1) is 0 Å². The van der Waals surface area contributed by atoms with E-state index in [1.54, 1.807) is 0 Å². The fourth-order valence-electron chi connectivity index (χ4n) is 4.85. The Morgan fingerprint density at radius 1 is 0.500 bits per heavy atom. The highest BCUT2D eigenvalue weighted by atomic mass is 31.3. The first-order valence-electron chi connectivity index (χ1n) is 16.9. The Kier molecular flexibility index (Phi) is 20.5. The second kappa shape index (κ2) is 21.3. The van der Waals surface area contributed by atoms with Crippen LogP contribution in [-0.4, -0.2) is 197 Å². The minimum atomic E-state index is -3.11. The van der Waals surface area contributed by atoms with Gasteiger partial charge in [0.05, 0.1) is 39.6 Å². The lowest BCUT2D eigenvalue weighted by Crippen LogP contribution is -2.35. The molecule has 0 atom stereocenters. The maximum Gasteiger partial charge on any atom is 0.496 e. The monoisotopic (exact) mass is 802 g/mol. The minimum absolute atomic E-state index is 0.507. The van der Waals surface area contributed by atoms with Gasteiger partial charge in [-0.25, -0.2) is 14.0 Å². The summed E-state index contributed by atoms with van der Waals surface area (Å²) in [5, 5.41) is 0. The van der Waals surface area contributed by atoms with Gasteiger partial charge in [-0.1, -0.05) is 34.8 Å². The topological polar surface area (TPSA) is 99.8 Å². The van der Waals surface area contributed by atoms with Crippen LogP contribution in [0.4, 0.5) is 0 Å². The fourth-order valence-corrected chi connectivity index (χ4v) is 23.6. The predicted molar refractivity (Wildman–Crippen MR) is 226 cm³/mol. The lowest BCUT2D eigenvalue weighted by molar-refractivity contribution is 0.00970. The third-order valence-electron chi connectivity index (χ3n) is 8.18. The van der Waals surface area contributed by atoms with Crippen LogP contribution < -0.4 is 0 Å². The van der Waals surface area contributed by atoms with Crippen LogP contribution in [0.15, 0.2) is 48.4 Å². The van der Waals surface area contributed by atoms with Crippen LogP contribution in [-0.2, 0) is 20.8 Å². The van der Waals surface area contributed by atoms with E-state index >= 15 is 0 Å². The number of ether oxygens (including phenoxy) is 3. The van der Waals surface area contributed by atoms with Crippen LogP contribution in [0.5, 0.6) is 0 Å². The van der Waals surface area contributed by atoms with Crippen molar-refractivity contribution in [2.45, 2.75) is 6.61 Å². The Labute approximate surface area is 308 Å². The molecule has 0 unspecified atom stereocenters. The standard InChI is InChI=1S/C31H73N11O3P5/c1-36(2)47(17,37(3)4)33-49(32-46(14,15)16,34-48(18,38(5)6)39(7)8)35-50(40(9)10,41(11)12)42(13)24-25-43-26-27-44-28-29-45-30-31-22-20-19-21-23-31/h19-23H,24-30H2,1-18H3/q+1. The number of nitrogens with zero attached hydrogens (tertiary/aromatic N) is 11. The van der Waals surface area contributed by atoms with Gasteiger partial charge in [0, 0.05) is 26.9 Å². The molecule has 0 aliphatic heterocycles. The molecule has 50 heavy (non-hydrogen) atoms. The van der Waals surface area contributed by atoms with Crippen molar-refractivity contribution in [2.24, 2.45) is 18.1 Å². The number of likely N-dealkylation sites (N-methyl/N-ethyl adjacent to an activating group) is 1. The molecule has 0 heterocycles. The van der Waals surface area contributed by atoms with Gasteiger partial charge < -0.3 is 14.2 Å². The van der Waals surface area contributed by atoms with Gasteiger partial charge in [0.25, 0.3) is 0 Å². The summed E-state index contributed by atoms with van der Waals surface area (Å²) in [6.07, 6.45) is 0. The molecule has 1 aromatic rings. The maximum atomic E-state index is 6.09. The van der Waals surface area contributed by atoms with Crippen molar-refractivity contribution in [2.75, 3.05) is 165 Å². The number of benzene rings is 1. The van der Waals surface area contributed by atoms with Gasteiger partial charge in [-0.3, -0.25) is 18.7 Å². The molecule has 0 saturated carbocycles. The summed E-state index contributed by atoms with van der Waals surface area (Å²) in [5.41, 5.74) is 1.16. The average Bonchev–Trinajstić information content (AvgIpc) is 2.99. The van der Waals surface area contributed by atoms with E-state index in [0.717, 1.165) is 5.56 Å². The normalized spacial score (nSPS) is 13.9. The van der Waals surface area contributed by atoms with Gasteiger partial charge in [0.15, 0.2) is 0 Å². The van der Waals surface area contributed by atoms with Crippen molar-refractivity contribution in [3.05, 3.63) is 35.9 Å². The van der Waals surface area contributed by atoms with Crippen LogP contribution in [0.25, 0.3) is 0 Å². The molecular formula is C31H73N11O3P5+. The highest BCUT2D eigenvalue weighted by Crippen LogP contribution is 2.84. The zero-order valence-electron chi connectivity index (χ0n) is 34.7. The zero-order chi connectivity index (χ0) is 38.6. The largest absolute Gasteiger partial charge is 0.496 e. The number of hydrogen-bond acceptors (Lipinski definition) is 7. The van der Waals surface area contributed by atoms with E-state index in [9.17, 15) is 0 Å². The van der Waals surface area contributed by atoms with Crippen molar-refractivity contribution in [3.63, 3.8) is 0 Å². The first-order chi connectivity index (χ1) is 23.0. The van der Waals surface area contributed by atoms with Crippen molar-refractivity contribution in [1.29, 1.82) is 0 Å². The molecule has 0 amide bonds.